The minimum Gasteiger partial charge on any atom is -0.493 e. The quantitative estimate of drug-likeness (QED) is 0.797. The molecule has 1 aliphatic rings. The van der Waals surface area contributed by atoms with Crippen LogP contribution in [-0.2, 0) is 11.2 Å². The fourth-order valence-corrected chi connectivity index (χ4v) is 3.25. The number of carbonyl (C=O) groups excluding carboxylic acids is 2. The third-order valence-electron chi connectivity index (χ3n) is 4.51. The molecule has 0 saturated heterocycles. The summed E-state index contributed by atoms with van der Waals surface area (Å²) < 4.78 is 15.8. The van der Waals surface area contributed by atoms with Crippen molar-refractivity contribution < 1.29 is 23.8 Å². The molecule has 8 heteroatoms. The van der Waals surface area contributed by atoms with Gasteiger partial charge in [-0.25, -0.2) is 4.79 Å². The van der Waals surface area contributed by atoms with Crippen LogP contribution in [0, 0.1) is 0 Å². The molecule has 0 aliphatic carbocycles. The summed E-state index contributed by atoms with van der Waals surface area (Å²) in [6.45, 7) is 2.56. The number of fused-ring (bicyclic) bond motifs is 1. The van der Waals surface area contributed by atoms with Crippen molar-refractivity contribution >= 4 is 29.0 Å². The smallest absolute Gasteiger partial charge is 0.323 e. The van der Waals surface area contributed by atoms with Gasteiger partial charge in [0.15, 0.2) is 11.5 Å². The Labute approximate surface area is 163 Å². The van der Waals surface area contributed by atoms with E-state index < -0.39 is 6.03 Å². The number of nitrogens with one attached hydrogen (secondary N) is 2. The molecule has 2 aromatic carbocycles. The molecular formula is C20H23N3O5. The summed E-state index contributed by atoms with van der Waals surface area (Å²) in [6, 6.07) is 8.29. The first kappa shape index (κ1) is 19.3. The molecular weight excluding hydrogens is 362 g/mol. The molecule has 0 spiro atoms. The van der Waals surface area contributed by atoms with E-state index in [1.165, 1.54) is 21.3 Å². The summed E-state index contributed by atoms with van der Waals surface area (Å²) in [5.74, 6) is 1.39. The molecule has 2 aromatic rings. The number of benzene rings is 2. The summed E-state index contributed by atoms with van der Waals surface area (Å²) in [6.07, 6.45) is 0.340. The van der Waals surface area contributed by atoms with E-state index in [1.54, 1.807) is 23.1 Å². The first-order valence-corrected chi connectivity index (χ1v) is 8.82. The number of hydrogen-bond donors (Lipinski definition) is 2. The summed E-state index contributed by atoms with van der Waals surface area (Å²) >= 11 is 0. The van der Waals surface area contributed by atoms with Gasteiger partial charge in [-0.2, -0.15) is 0 Å². The maximum Gasteiger partial charge on any atom is 0.323 e. The van der Waals surface area contributed by atoms with Crippen molar-refractivity contribution in [3.05, 3.63) is 35.9 Å². The molecule has 0 radical (unpaired) electrons. The Bertz CT molecular complexity index is 888. The minimum atomic E-state index is -0.425. The van der Waals surface area contributed by atoms with E-state index in [0.29, 0.717) is 41.6 Å². The number of ether oxygens (including phenoxy) is 3. The summed E-state index contributed by atoms with van der Waals surface area (Å²) in [7, 11) is 4.53. The molecule has 1 aliphatic heterocycles. The van der Waals surface area contributed by atoms with Gasteiger partial charge in [0.1, 0.15) is 0 Å². The Hall–Kier alpha value is -3.42. The SMILES string of the molecule is CCN1C(=O)Cc2cc(NC(=O)Nc3cc(OC)c(OC)c(OC)c3)ccc21. The van der Waals surface area contributed by atoms with Gasteiger partial charge >= 0.3 is 6.03 Å². The molecule has 8 nitrogen and oxygen atoms in total. The largest absolute Gasteiger partial charge is 0.493 e. The van der Waals surface area contributed by atoms with Gasteiger partial charge in [0.2, 0.25) is 11.7 Å². The Kier molecular flexibility index (Phi) is 5.58. The van der Waals surface area contributed by atoms with Crippen molar-refractivity contribution in [2.75, 3.05) is 43.4 Å². The number of urea groups is 1. The molecule has 148 valence electrons. The highest BCUT2D eigenvalue weighted by Gasteiger charge is 2.26. The number of likely N-dealkylation sites (N-methyl/N-ethyl adjacent to an activating group) is 1. The summed E-state index contributed by atoms with van der Waals surface area (Å²) in [5.41, 5.74) is 2.88. The maximum absolute atomic E-state index is 12.4. The van der Waals surface area contributed by atoms with Gasteiger partial charge in [-0.05, 0) is 30.7 Å². The van der Waals surface area contributed by atoms with Gasteiger partial charge in [-0.1, -0.05) is 0 Å². The summed E-state index contributed by atoms with van der Waals surface area (Å²) in [4.78, 5) is 26.1. The molecule has 0 unspecified atom stereocenters. The second-order valence-corrected chi connectivity index (χ2v) is 6.15. The van der Waals surface area contributed by atoms with E-state index in [2.05, 4.69) is 10.6 Å². The van der Waals surface area contributed by atoms with Crippen molar-refractivity contribution in [1.29, 1.82) is 0 Å². The van der Waals surface area contributed by atoms with E-state index in [1.807, 2.05) is 19.1 Å². The lowest BCUT2D eigenvalue weighted by atomic mass is 10.1. The Morgan fingerprint density at radius 1 is 1.00 bits per heavy atom. The molecule has 3 amide bonds. The number of hydrogen-bond acceptors (Lipinski definition) is 5. The molecule has 0 aromatic heterocycles. The zero-order valence-corrected chi connectivity index (χ0v) is 16.3. The van der Waals surface area contributed by atoms with Crippen LogP contribution in [0.5, 0.6) is 17.2 Å². The second-order valence-electron chi connectivity index (χ2n) is 6.15. The van der Waals surface area contributed by atoms with Gasteiger partial charge in [-0.15, -0.1) is 0 Å². The van der Waals surface area contributed by atoms with E-state index in [-0.39, 0.29) is 5.91 Å². The Morgan fingerprint density at radius 2 is 1.64 bits per heavy atom. The van der Waals surface area contributed by atoms with E-state index in [0.717, 1.165) is 11.3 Å². The first-order chi connectivity index (χ1) is 13.5. The maximum atomic E-state index is 12.4. The molecule has 3 rings (SSSR count). The molecule has 0 fully saturated rings. The van der Waals surface area contributed by atoms with Gasteiger partial charge in [0.25, 0.3) is 0 Å². The fraction of sp³-hybridized carbons (Fsp3) is 0.300. The highest BCUT2D eigenvalue weighted by molar-refractivity contribution is 6.03. The van der Waals surface area contributed by atoms with Gasteiger partial charge in [-0.3, -0.25) is 4.79 Å². The van der Waals surface area contributed by atoms with Crippen LogP contribution in [0.3, 0.4) is 0 Å². The molecule has 0 bridgehead atoms. The monoisotopic (exact) mass is 385 g/mol. The van der Waals surface area contributed by atoms with Crippen LogP contribution in [0.15, 0.2) is 30.3 Å². The van der Waals surface area contributed by atoms with Crippen LogP contribution in [-0.4, -0.2) is 39.8 Å². The van der Waals surface area contributed by atoms with Crippen LogP contribution in [0.4, 0.5) is 21.9 Å². The predicted molar refractivity (Wildman–Crippen MR) is 107 cm³/mol. The number of nitrogens with zero attached hydrogens (tertiary/aromatic N) is 1. The van der Waals surface area contributed by atoms with Crippen molar-refractivity contribution in [3.8, 4) is 17.2 Å². The number of carbonyl (C=O) groups is 2. The Balaban J connectivity index is 1.75. The molecule has 28 heavy (non-hydrogen) atoms. The number of rotatable bonds is 6. The fourth-order valence-electron chi connectivity index (χ4n) is 3.25. The average Bonchev–Trinajstić information content (AvgIpc) is 3.00. The van der Waals surface area contributed by atoms with Crippen LogP contribution < -0.4 is 29.7 Å². The van der Waals surface area contributed by atoms with Crippen LogP contribution in [0.25, 0.3) is 0 Å². The highest BCUT2D eigenvalue weighted by atomic mass is 16.5. The molecule has 0 saturated carbocycles. The van der Waals surface area contributed by atoms with Gasteiger partial charge in [0, 0.05) is 30.1 Å². The van der Waals surface area contributed by atoms with Crippen LogP contribution in [0.1, 0.15) is 12.5 Å². The lowest BCUT2D eigenvalue weighted by Crippen LogP contribution is -2.25. The van der Waals surface area contributed by atoms with Gasteiger partial charge in [0.05, 0.1) is 33.4 Å². The van der Waals surface area contributed by atoms with E-state index in [4.69, 9.17) is 14.2 Å². The first-order valence-electron chi connectivity index (χ1n) is 8.82. The molecule has 1 heterocycles. The Morgan fingerprint density at radius 3 is 2.21 bits per heavy atom. The number of methoxy groups -OCH3 is 3. The molecule has 0 atom stereocenters. The number of amides is 3. The van der Waals surface area contributed by atoms with Crippen molar-refractivity contribution in [2.45, 2.75) is 13.3 Å². The molecule has 2 N–H and O–H groups in total. The van der Waals surface area contributed by atoms with E-state index in [9.17, 15) is 9.59 Å². The summed E-state index contributed by atoms with van der Waals surface area (Å²) in [5, 5.41) is 5.52. The highest BCUT2D eigenvalue weighted by Crippen LogP contribution is 2.40. The van der Waals surface area contributed by atoms with Gasteiger partial charge < -0.3 is 29.7 Å². The zero-order chi connectivity index (χ0) is 20.3. The lowest BCUT2D eigenvalue weighted by Gasteiger charge is -2.16. The topological polar surface area (TPSA) is 89.1 Å². The van der Waals surface area contributed by atoms with Crippen LogP contribution in [0.2, 0.25) is 0 Å². The van der Waals surface area contributed by atoms with Crippen molar-refractivity contribution in [1.82, 2.24) is 0 Å². The lowest BCUT2D eigenvalue weighted by molar-refractivity contribution is -0.117. The van der Waals surface area contributed by atoms with E-state index >= 15 is 0 Å². The normalized spacial score (nSPS) is 12.4. The third kappa shape index (κ3) is 3.66. The average molecular weight is 385 g/mol. The predicted octanol–water partition coefficient (Wildman–Crippen LogP) is 3.27. The van der Waals surface area contributed by atoms with Crippen molar-refractivity contribution in [2.24, 2.45) is 0 Å². The standard InChI is InChI=1S/C20H23N3O5/c1-5-23-15-7-6-13(8-12(15)9-18(23)24)21-20(25)22-14-10-16(26-2)19(28-4)17(11-14)27-3/h6-8,10-11H,5,9H2,1-4H3,(H2,21,22,25). The van der Waals surface area contributed by atoms with Crippen LogP contribution >= 0.6 is 0 Å². The minimum absolute atomic E-state index is 0.0662. The third-order valence-corrected chi connectivity index (χ3v) is 4.51. The van der Waals surface area contributed by atoms with Crippen molar-refractivity contribution in [3.63, 3.8) is 0 Å². The number of anilines is 3. The zero-order valence-electron chi connectivity index (χ0n) is 16.3. The second kappa shape index (κ2) is 8.08.